The molecule has 4 heteroatoms. The van der Waals surface area contributed by atoms with Gasteiger partial charge in [0.2, 0.25) is 0 Å². The molecule has 2 N–H and O–H groups in total. The molecule has 1 aliphatic heterocycles. The average Bonchev–Trinajstić information content (AvgIpc) is 2.40. The summed E-state index contributed by atoms with van der Waals surface area (Å²) >= 11 is 0. The second-order valence-electron chi connectivity index (χ2n) is 4.73. The molecular weight excluding hydrogens is 248 g/mol. The van der Waals surface area contributed by atoms with Gasteiger partial charge in [-0.05, 0) is 50.9 Å². The number of rotatable bonds is 3. The summed E-state index contributed by atoms with van der Waals surface area (Å²) in [6.45, 7) is 4.21. The smallest absolute Gasteiger partial charge is 0.251 e. The number of amides is 1. The average molecular weight is 269 g/mol. The molecule has 18 heavy (non-hydrogen) atoms. The van der Waals surface area contributed by atoms with Gasteiger partial charge in [-0.1, -0.05) is 18.2 Å². The molecule has 1 fully saturated rings. The number of carbonyl (C=O) groups is 1. The lowest BCUT2D eigenvalue weighted by molar-refractivity contribution is 0.0922. The van der Waals surface area contributed by atoms with Crippen molar-refractivity contribution in [3.8, 4) is 0 Å². The molecule has 1 aliphatic rings. The summed E-state index contributed by atoms with van der Waals surface area (Å²) in [7, 11) is 0. The lowest BCUT2D eigenvalue weighted by atomic mass is 9.92. The van der Waals surface area contributed by atoms with Gasteiger partial charge < -0.3 is 10.6 Å². The van der Waals surface area contributed by atoms with Crippen LogP contribution in [-0.2, 0) is 0 Å². The highest BCUT2D eigenvalue weighted by atomic mass is 35.5. The standard InChI is InChI=1S/C14H20N2O.ClH/c1-11(13-8-5-9-15-10-13)16-14(17)12-6-3-2-4-7-12;/h2-4,6-7,11,13,15H,5,8-10H2,1H3,(H,16,17);1H. The van der Waals surface area contributed by atoms with Crippen LogP contribution in [0.1, 0.15) is 30.1 Å². The Morgan fingerprint density at radius 2 is 2.11 bits per heavy atom. The van der Waals surface area contributed by atoms with E-state index < -0.39 is 0 Å². The highest BCUT2D eigenvalue weighted by molar-refractivity contribution is 5.94. The van der Waals surface area contributed by atoms with E-state index in [4.69, 9.17) is 0 Å². The van der Waals surface area contributed by atoms with Gasteiger partial charge in [-0.2, -0.15) is 0 Å². The lowest BCUT2D eigenvalue weighted by Crippen LogP contribution is -2.44. The second-order valence-corrected chi connectivity index (χ2v) is 4.73. The molecule has 0 radical (unpaired) electrons. The first-order valence-corrected chi connectivity index (χ1v) is 6.34. The Bertz CT molecular complexity index is 363. The van der Waals surface area contributed by atoms with Crippen LogP contribution in [0.4, 0.5) is 0 Å². The maximum Gasteiger partial charge on any atom is 0.251 e. The molecule has 1 aromatic rings. The Morgan fingerprint density at radius 3 is 2.72 bits per heavy atom. The molecule has 1 saturated heterocycles. The van der Waals surface area contributed by atoms with Crippen LogP contribution in [0.15, 0.2) is 30.3 Å². The zero-order chi connectivity index (χ0) is 12.1. The van der Waals surface area contributed by atoms with Crippen molar-refractivity contribution in [1.82, 2.24) is 10.6 Å². The highest BCUT2D eigenvalue weighted by Crippen LogP contribution is 2.14. The van der Waals surface area contributed by atoms with E-state index >= 15 is 0 Å². The van der Waals surface area contributed by atoms with Crippen LogP contribution in [0.3, 0.4) is 0 Å². The summed E-state index contributed by atoms with van der Waals surface area (Å²) in [4.78, 5) is 12.0. The maximum atomic E-state index is 12.0. The van der Waals surface area contributed by atoms with E-state index in [1.165, 1.54) is 12.8 Å². The van der Waals surface area contributed by atoms with E-state index in [0.29, 0.717) is 5.92 Å². The van der Waals surface area contributed by atoms with E-state index in [2.05, 4.69) is 17.6 Å². The molecule has 0 bridgehead atoms. The van der Waals surface area contributed by atoms with Crippen LogP contribution in [0.25, 0.3) is 0 Å². The van der Waals surface area contributed by atoms with Gasteiger partial charge in [-0.15, -0.1) is 12.4 Å². The van der Waals surface area contributed by atoms with Crippen molar-refractivity contribution >= 4 is 18.3 Å². The SMILES string of the molecule is CC(NC(=O)c1ccccc1)C1CCCNC1.Cl. The summed E-state index contributed by atoms with van der Waals surface area (Å²) in [5, 5.41) is 6.46. The second kappa shape index (κ2) is 7.39. The monoisotopic (exact) mass is 268 g/mol. The Morgan fingerprint density at radius 1 is 1.39 bits per heavy atom. The molecule has 0 aliphatic carbocycles. The number of carbonyl (C=O) groups excluding carboxylic acids is 1. The van der Waals surface area contributed by atoms with Crippen molar-refractivity contribution in [3.05, 3.63) is 35.9 Å². The van der Waals surface area contributed by atoms with Gasteiger partial charge in [0.05, 0.1) is 0 Å². The van der Waals surface area contributed by atoms with Crippen molar-refractivity contribution in [2.45, 2.75) is 25.8 Å². The van der Waals surface area contributed by atoms with Gasteiger partial charge in [-0.25, -0.2) is 0 Å². The van der Waals surface area contributed by atoms with Gasteiger partial charge in [0, 0.05) is 11.6 Å². The summed E-state index contributed by atoms with van der Waals surface area (Å²) in [5.74, 6) is 0.583. The maximum absolute atomic E-state index is 12.0. The molecular formula is C14H21ClN2O. The van der Waals surface area contributed by atoms with Gasteiger partial charge in [0.15, 0.2) is 0 Å². The zero-order valence-corrected chi connectivity index (χ0v) is 11.5. The van der Waals surface area contributed by atoms with E-state index in [9.17, 15) is 4.79 Å². The molecule has 100 valence electrons. The first-order chi connectivity index (χ1) is 8.27. The first-order valence-electron chi connectivity index (χ1n) is 6.34. The van der Waals surface area contributed by atoms with Crippen LogP contribution < -0.4 is 10.6 Å². The predicted molar refractivity (Wildman–Crippen MR) is 76.2 cm³/mol. The predicted octanol–water partition coefficient (Wildman–Crippen LogP) is 2.23. The molecule has 0 aromatic heterocycles. The quantitative estimate of drug-likeness (QED) is 0.883. The highest BCUT2D eigenvalue weighted by Gasteiger charge is 2.21. The van der Waals surface area contributed by atoms with E-state index in [1.54, 1.807) is 0 Å². The van der Waals surface area contributed by atoms with Crippen molar-refractivity contribution in [2.75, 3.05) is 13.1 Å². The molecule has 2 rings (SSSR count). The molecule has 0 spiro atoms. The fourth-order valence-electron chi connectivity index (χ4n) is 2.30. The fraction of sp³-hybridized carbons (Fsp3) is 0.500. The molecule has 2 unspecified atom stereocenters. The molecule has 0 saturated carbocycles. The number of halogens is 1. The Balaban J connectivity index is 0.00000162. The van der Waals surface area contributed by atoms with Gasteiger partial charge in [-0.3, -0.25) is 4.79 Å². The fourth-order valence-corrected chi connectivity index (χ4v) is 2.30. The first kappa shape index (κ1) is 15.0. The number of piperidine rings is 1. The number of benzene rings is 1. The largest absolute Gasteiger partial charge is 0.349 e. The minimum atomic E-state index is 0. The topological polar surface area (TPSA) is 41.1 Å². The number of nitrogens with one attached hydrogen (secondary N) is 2. The third-order valence-electron chi connectivity index (χ3n) is 3.44. The van der Waals surface area contributed by atoms with E-state index in [-0.39, 0.29) is 24.4 Å². The van der Waals surface area contributed by atoms with Crippen LogP contribution in [0.5, 0.6) is 0 Å². The molecule has 1 amide bonds. The molecule has 2 atom stereocenters. The minimum Gasteiger partial charge on any atom is -0.349 e. The summed E-state index contributed by atoms with van der Waals surface area (Å²) in [6.07, 6.45) is 2.40. The zero-order valence-electron chi connectivity index (χ0n) is 10.7. The molecule has 1 heterocycles. The summed E-state index contributed by atoms with van der Waals surface area (Å²) in [6, 6.07) is 9.63. The van der Waals surface area contributed by atoms with Crippen molar-refractivity contribution in [1.29, 1.82) is 0 Å². The van der Waals surface area contributed by atoms with Crippen molar-refractivity contribution in [2.24, 2.45) is 5.92 Å². The van der Waals surface area contributed by atoms with Crippen LogP contribution in [-0.4, -0.2) is 25.0 Å². The Labute approximate surface area is 115 Å². The van der Waals surface area contributed by atoms with E-state index in [0.717, 1.165) is 18.7 Å². The number of hydrogen-bond donors (Lipinski definition) is 2. The van der Waals surface area contributed by atoms with Gasteiger partial charge >= 0.3 is 0 Å². The minimum absolute atomic E-state index is 0. The third kappa shape index (κ3) is 4.00. The normalized spacial score (nSPS) is 20.6. The van der Waals surface area contributed by atoms with Crippen molar-refractivity contribution in [3.63, 3.8) is 0 Å². The number of hydrogen-bond acceptors (Lipinski definition) is 2. The Hall–Kier alpha value is -1.06. The summed E-state index contributed by atoms with van der Waals surface area (Å²) < 4.78 is 0. The summed E-state index contributed by atoms with van der Waals surface area (Å²) in [5.41, 5.74) is 0.739. The molecule has 1 aromatic carbocycles. The van der Waals surface area contributed by atoms with Crippen LogP contribution >= 0.6 is 12.4 Å². The van der Waals surface area contributed by atoms with Crippen molar-refractivity contribution < 1.29 is 4.79 Å². The van der Waals surface area contributed by atoms with Crippen LogP contribution in [0.2, 0.25) is 0 Å². The lowest BCUT2D eigenvalue weighted by Gasteiger charge is -2.28. The van der Waals surface area contributed by atoms with E-state index in [1.807, 2.05) is 30.3 Å². The molecule has 3 nitrogen and oxygen atoms in total. The van der Waals surface area contributed by atoms with Gasteiger partial charge in [0.1, 0.15) is 0 Å². The van der Waals surface area contributed by atoms with Crippen LogP contribution in [0, 0.1) is 5.92 Å². The van der Waals surface area contributed by atoms with Gasteiger partial charge in [0.25, 0.3) is 5.91 Å². The Kier molecular flexibility index (Phi) is 6.16. The third-order valence-corrected chi connectivity index (χ3v) is 3.44.